The number of carbonyl (C=O) groups is 2. The van der Waals surface area contributed by atoms with Gasteiger partial charge in [-0.05, 0) is 17.5 Å². The minimum absolute atomic E-state index is 0.233. The van der Waals surface area contributed by atoms with Crippen LogP contribution >= 0.6 is 11.3 Å². The number of carboxylic acids is 1. The predicted octanol–water partition coefficient (Wildman–Crippen LogP) is 1.67. The van der Waals surface area contributed by atoms with E-state index in [0.29, 0.717) is 0 Å². The van der Waals surface area contributed by atoms with Gasteiger partial charge in [0.15, 0.2) is 11.5 Å². The number of H-pyrrole nitrogens is 1. The van der Waals surface area contributed by atoms with E-state index in [1.165, 1.54) is 28.3 Å². The summed E-state index contributed by atoms with van der Waals surface area (Å²) in [7, 11) is 0. The molecule has 0 radical (unpaired) electrons. The van der Waals surface area contributed by atoms with Crippen LogP contribution in [0.15, 0.2) is 35.8 Å². The fourth-order valence-electron chi connectivity index (χ4n) is 1.83. The summed E-state index contributed by atoms with van der Waals surface area (Å²) in [5, 5.41) is 23.9. The number of carboxylic acid groups (broad SMARTS) is 1. The topological polar surface area (TPSA) is 113 Å². The molecule has 112 valence electrons. The SMILES string of the molecule is O=C(O)Cn1ccc(NC(=O)c2cc(-c3cccs3)[nH]n2)n1. The fourth-order valence-corrected chi connectivity index (χ4v) is 2.52. The molecule has 0 saturated heterocycles. The number of hydrogen-bond donors (Lipinski definition) is 3. The van der Waals surface area contributed by atoms with Crippen LogP contribution in [0.3, 0.4) is 0 Å². The van der Waals surface area contributed by atoms with Gasteiger partial charge < -0.3 is 10.4 Å². The number of rotatable bonds is 5. The van der Waals surface area contributed by atoms with Gasteiger partial charge in [0, 0.05) is 12.3 Å². The summed E-state index contributed by atoms with van der Waals surface area (Å²) in [6, 6.07) is 7.01. The molecule has 3 aromatic heterocycles. The Morgan fingerprint density at radius 2 is 2.27 bits per heavy atom. The van der Waals surface area contributed by atoms with Crippen LogP contribution in [0.25, 0.3) is 10.6 Å². The number of anilines is 1. The van der Waals surface area contributed by atoms with E-state index in [1.807, 2.05) is 17.5 Å². The summed E-state index contributed by atoms with van der Waals surface area (Å²) in [5.74, 6) is -1.15. The number of nitrogens with one attached hydrogen (secondary N) is 2. The van der Waals surface area contributed by atoms with Gasteiger partial charge in [0.2, 0.25) is 0 Å². The van der Waals surface area contributed by atoms with E-state index in [-0.39, 0.29) is 18.1 Å². The average Bonchev–Trinajstić information content (AvgIpc) is 3.19. The van der Waals surface area contributed by atoms with Crippen molar-refractivity contribution in [2.75, 3.05) is 5.32 Å². The molecule has 3 aromatic rings. The van der Waals surface area contributed by atoms with Gasteiger partial charge in [0.1, 0.15) is 6.54 Å². The molecule has 1 amide bonds. The summed E-state index contributed by atoms with van der Waals surface area (Å²) < 4.78 is 1.22. The third kappa shape index (κ3) is 3.04. The molecule has 22 heavy (non-hydrogen) atoms. The van der Waals surface area contributed by atoms with Crippen molar-refractivity contribution in [3.8, 4) is 10.6 Å². The minimum Gasteiger partial charge on any atom is -0.480 e. The molecule has 3 rings (SSSR count). The van der Waals surface area contributed by atoms with Crippen molar-refractivity contribution in [3.63, 3.8) is 0 Å². The first-order valence-corrected chi connectivity index (χ1v) is 7.15. The summed E-state index contributed by atoms with van der Waals surface area (Å²) in [6.45, 7) is -0.263. The molecule has 0 aromatic carbocycles. The van der Waals surface area contributed by atoms with Gasteiger partial charge in [0.25, 0.3) is 5.91 Å². The second-order valence-electron chi connectivity index (χ2n) is 4.39. The summed E-state index contributed by atoms with van der Waals surface area (Å²) >= 11 is 1.54. The highest BCUT2D eigenvalue weighted by Crippen LogP contribution is 2.23. The monoisotopic (exact) mass is 317 g/mol. The van der Waals surface area contributed by atoms with Crippen molar-refractivity contribution in [1.29, 1.82) is 0 Å². The Balaban J connectivity index is 1.69. The first kappa shape index (κ1) is 14.0. The fraction of sp³-hybridized carbons (Fsp3) is 0.0769. The Morgan fingerprint density at radius 1 is 1.41 bits per heavy atom. The second kappa shape index (κ2) is 5.82. The van der Waals surface area contributed by atoms with Crippen molar-refractivity contribution in [3.05, 3.63) is 41.5 Å². The van der Waals surface area contributed by atoms with E-state index >= 15 is 0 Å². The quantitative estimate of drug-likeness (QED) is 0.662. The van der Waals surface area contributed by atoms with E-state index < -0.39 is 11.9 Å². The van der Waals surface area contributed by atoms with Crippen LogP contribution in [0.1, 0.15) is 10.5 Å². The van der Waals surface area contributed by atoms with E-state index in [2.05, 4.69) is 20.6 Å². The van der Waals surface area contributed by atoms with Crippen molar-refractivity contribution in [2.45, 2.75) is 6.54 Å². The third-order valence-electron chi connectivity index (χ3n) is 2.78. The smallest absolute Gasteiger partial charge is 0.325 e. The van der Waals surface area contributed by atoms with E-state index in [1.54, 1.807) is 6.07 Å². The number of aliphatic carboxylic acids is 1. The molecule has 0 aliphatic carbocycles. The molecule has 0 atom stereocenters. The zero-order valence-corrected chi connectivity index (χ0v) is 12.0. The van der Waals surface area contributed by atoms with Crippen LogP contribution in [-0.2, 0) is 11.3 Å². The normalized spacial score (nSPS) is 10.5. The zero-order valence-electron chi connectivity index (χ0n) is 11.2. The minimum atomic E-state index is -1.01. The number of aromatic nitrogens is 4. The highest BCUT2D eigenvalue weighted by atomic mass is 32.1. The molecule has 0 bridgehead atoms. The average molecular weight is 317 g/mol. The van der Waals surface area contributed by atoms with Gasteiger partial charge in [-0.15, -0.1) is 11.3 Å². The van der Waals surface area contributed by atoms with E-state index in [9.17, 15) is 9.59 Å². The van der Waals surface area contributed by atoms with Gasteiger partial charge in [-0.3, -0.25) is 19.4 Å². The van der Waals surface area contributed by atoms with E-state index in [4.69, 9.17) is 5.11 Å². The molecule has 0 unspecified atom stereocenters. The van der Waals surface area contributed by atoms with Gasteiger partial charge in [0.05, 0.1) is 10.6 Å². The lowest BCUT2D eigenvalue weighted by atomic mass is 10.3. The Kier molecular flexibility index (Phi) is 3.71. The third-order valence-corrected chi connectivity index (χ3v) is 3.68. The van der Waals surface area contributed by atoms with Crippen LogP contribution < -0.4 is 5.32 Å². The number of thiophene rings is 1. The zero-order chi connectivity index (χ0) is 15.5. The van der Waals surface area contributed by atoms with Gasteiger partial charge in [-0.25, -0.2) is 0 Å². The first-order valence-electron chi connectivity index (χ1n) is 6.28. The molecule has 9 heteroatoms. The van der Waals surface area contributed by atoms with Crippen LogP contribution in [0.4, 0.5) is 5.82 Å². The Morgan fingerprint density at radius 3 is 3.00 bits per heavy atom. The Labute approximate surface area is 128 Å². The highest BCUT2D eigenvalue weighted by molar-refractivity contribution is 7.13. The Hall–Kier alpha value is -2.94. The lowest BCUT2D eigenvalue weighted by Crippen LogP contribution is -2.14. The predicted molar refractivity (Wildman–Crippen MR) is 79.7 cm³/mol. The second-order valence-corrected chi connectivity index (χ2v) is 5.34. The van der Waals surface area contributed by atoms with Crippen LogP contribution in [0.5, 0.6) is 0 Å². The maximum atomic E-state index is 12.1. The van der Waals surface area contributed by atoms with Crippen molar-refractivity contribution in [1.82, 2.24) is 20.0 Å². The maximum absolute atomic E-state index is 12.1. The molecule has 0 spiro atoms. The first-order chi connectivity index (χ1) is 10.6. The maximum Gasteiger partial charge on any atom is 0.325 e. The molecule has 0 fully saturated rings. The van der Waals surface area contributed by atoms with Crippen LogP contribution in [0.2, 0.25) is 0 Å². The molecule has 0 aliphatic rings. The number of carbonyl (C=O) groups excluding carboxylic acids is 1. The Bertz CT molecular complexity index is 805. The standard InChI is InChI=1S/C13H11N5O3S/c19-12(20)7-18-4-3-11(17-18)14-13(21)9-6-8(15-16-9)10-2-1-5-22-10/h1-6H,7H2,(H,15,16)(H,19,20)(H,14,17,21). The van der Waals surface area contributed by atoms with Crippen molar-refractivity contribution < 1.29 is 14.7 Å². The number of hydrogen-bond acceptors (Lipinski definition) is 5. The summed E-state index contributed by atoms with van der Waals surface area (Å²) in [4.78, 5) is 23.6. The molecule has 8 nitrogen and oxygen atoms in total. The van der Waals surface area contributed by atoms with Gasteiger partial charge in [-0.2, -0.15) is 10.2 Å². The number of amides is 1. The van der Waals surface area contributed by atoms with Gasteiger partial charge in [-0.1, -0.05) is 6.07 Å². The van der Waals surface area contributed by atoms with Crippen molar-refractivity contribution in [2.24, 2.45) is 0 Å². The molecule has 0 saturated carbocycles. The summed E-state index contributed by atoms with van der Waals surface area (Å²) in [5.41, 5.74) is 0.993. The number of nitrogens with zero attached hydrogens (tertiary/aromatic N) is 3. The van der Waals surface area contributed by atoms with Gasteiger partial charge >= 0.3 is 5.97 Å². The summed E-state index contributed by atoms with van der Waals surface area (Å²) in [6.07, 6.45) is 1.48. The van der Waals surface area contributed by atoms with Crippen molar-refractivity contribution >= 4 is 29.0 Å². The molecular formula is C13H11N5O3S. The molecule has 3 heterocycles. The van der Waals surface area contributed by atoms with E-state index in [0.717, 1.165) is 10.6 Å². The number of aromatic amines is 1. The van der Waals surface area contributed by atoms with Crippen LogP contribution in [0, 0.1) is 0 Å². The largest absolute Gasteiger partial charge is 0.480 e. The molecule has 3 N–H and O–H groups in total. The van der Waals surface area contributed by atoms with Crippen LogP contribution in [-0.4, -0.2) is 37.0 Å². The molecule has 0 aliphatic heterocycles. The highest BCUT2D eigenvalue weighted by Gasteiger charge is 2.13. The molecular weight excluding hydrogens is 306 g/mol. The lowest BCUT2D eigenvalue weighted by Gasteiger charge is -1.98. The lowest BCUT2D eigenvalue weighted by molar-refractivity contribution is -0.137.